The highest BCUT2D eigenvalue weighted by atomic mass is 33.1. The van der Waals surface area contributed by atoms with E-state index in [1.165, 1.54) is 27.8 Å². The summed E-state index contributed by atoms with van der Waals surface area (Å²) in [5.41, 5.74) is 29.6. The van der Waals surface area contributed by atoms with Gasteiger partial charge in [-0.15, -0.1) is 0 Å². The van der Waals surface area contributed by atoms with E-state index in [0.717, 1.165) is 16.4 Å². The molecule has 0 unspecified atom stereocenters. The molecule has 3 aromatic carbocycles. The van der Waals surface area contributed by atoms with Crippen molar-refractivity contribution in [3.05, 3.63) is 102 Å². The number of benzene rings is 3. The van der Waals surface area contributed by atoms with Crippen LogP contribution in [0.25, 0.3) is 0 Å². The highest BCUT2D eigenvalue weighted by Gasteiger charge is 2.43. The molecule has 3 fully saturated rings. The van der Waals surface area contributed by atoms with Gasteiger partial charge in [0.25, 0.3) is 0 Å². The Balaban J connectivity index is 1.39. The van der Waals surface area contributed by atoms with Crippen molar-refractivity contribution in [2.24, 2.45) is 33.7 Å². The van der Waals surface area contributed by atoms with Gasteiger partial charge >= 0.3 is 0 Å². The Kier molecular flexibility index (Phi) is 24.8. The normalized spacial score (nSPS) is 24.0. The maximum absolute atomic E-state index is 15.1. The number of carbonyl (C=O) groups is 11. The van der Waals surface area contributed by atoms with Crippen LogP contribution in [0.4, 0.5) is 0 Å². The Hall–Kier alpha value is -8.40. The molecule has 0 aromatic heterocycles. The van der Waals surface area contributed by atoms with Crippen LogP contribution in [-0.4, -0.2) is 153 Å². The molecule has 458 valence electrons. The Bertz CT molecular complexity index is 2890. The van der Waals surface area contributed by atoms with Gasteiger partial charge < -0.3 is 75.9 Å². The van der Waals surface area contributed by atoms with Gasteiger partial charge in [-0.05, 0) is 92.5 Å². The predicted molar refractivity (Wildman–Crippen MR) is 318 cm³/mol. The van der Waals surface area contributed by atoms with Crippen LogP contribution >= 0.6 is 21.6 Å². The number of hydrogen-bond acceptors (Lipinski definition) is 15. The molecule has 7 atom stereocenters. The van der Waals surface area contributed by atoms with Gasteiger partial charge in [0.1, 0.15) is 48.0 Å². The topological polar surface area (TPSA) is 438 Å². The maximum Gasteiger partial charge on any atom is 0.246 e. The van der Waals surface area contributed by atoms with E-state index in [4.69, 9.17) is 28.7 Å². The van der Waals surface area contributed by atoms with Gasteiger partial charge in [-0.1, -0.05) is 94.4 Å². The lowest BCUT2D eigenvalue weighted by Gasteiger charge is -2.39. The number of amides is 11. The summed E-state index contributed by atoms with van der Waals surface area (Å²) in [7, 11) is 2.48. The Morgan fingerprint density at radius 3 is 1.91 bits per heavy atom. The first kappa shape index (κ1) is 65.7. The Morgan fingerprint density at radius 1 is 0.694 bits per heavy atom. The average Bonchev–Trinajstić information content (AvgIpc) is 4.06. The average molecular weight is 1210 g/mol. The highest BCUT2D eigenvalue weighted by molar-refractivity contribution is 8.77. The first-order valence-electron chi connectivity index (χ1n) is 28.1. The number of nitrogens with one attached hydrogen (secondary N) is 7. The van der Waals surface area contributed by atoms with E-state index >= 15 is 4.79 Å². The van der Waals surface area contributed by atoms with E-state index in [1.54, 1.807) is 42.5 Å². The zero-order valence-corrected chi connectivity index (χ0v) is 48.6. The summed E-state index contributed by atoms with van der Waals surface area (Å²) < 4.78 is -0.850. The van der Waals surface area contributed by atoms with Crippen LogP contribution in [-0.2, 0) is 65.6 Å². The minimum atomic E-state index is -1.79. The van der Waals surface area contributed by atoms with Crippen LogP contribution in [0, 0.1) is 0 Å². The molecule has 1 spiro atoms. The number of aliphatic imine (C=N–C) groups is 1. The minimum Gasteiger partial charge on any atom is -0.508 e. The number of guanidine groups is 1. The molecular formula is C57H76N14O12S2. The van der Waals surface area contributed by atoms with Gasteiger partial charge in [-0.3, -0.25) is 57.7 Å². The molecule has 18 N–H and O–H groups in total. The number of hydrogen-bond donors (Lipinski definition) is 13. The lowest BCUT2D eigenvalue weighted by Crippen LogP contribution is -2.61. The van der Waals surface area contributed by atoms with Gasteiger partial charge in [0, 0.05) is 49.3 Å². The summed E-state index contributed by atoms with van der Waals surface area (Å²) in [6, 6.07) is 14.4. The zero-order chi connectivity index (χ0) is 61.6. The maximum atomic E-state index is 15.1. The van der Waals surface area contributed by atoms with Crippen molar-refractivity contribution in [3.8, 4) is 5.75 Å². The predicted octanol–water partition coefficient (Wildman–Crippen LogP) is -1.25. The smallest absolute Gasteiger partial charge is 0.246 e. The third kappa shape index (κ3) is 20.7. The van der Waals surface area contributed by atoms with Gasteiger partial charge in [-0.25, -0.2) is 0 Å². The van der Waals surface area contributed by atoms with E-state index in [-0.39, 0.29) is 75.0 Å². The van der Waals surface area contributed by atoms with E-state index in [2.05, 4.69) is 42.2 Å². The molecule has 2 aliphatic heterocycles. The van der Waals surface area contributed by atoms with Crippen molar-refractivity contribution in [2.45, 2.75) is 143 Å². The number of carbonyl (C=O) groups excluding carboxylic acids is 11. The van der Waals surface area contributed by atoms with E-state index in [9.17, 15) is 53.1 Å². The van der Waals surface area contributed by atoms with Crippen LogP contribution in [0.1, 0.15) is 99.7 Å². The van der Waals surface area contributed by atoms with Crippen LogP contribution in [0.5, 0.6) is 5.75 Å². The molecule has 85 heavy (non-hydrogen) atoms. The first-order valence-corrected chi connectivity index (χ1v) is 30.4. The van der Waals surface area contributed by atoms with E-state index < -0.39 is 138 Å². The number of primary amides is 3. The molecular weight excluding hydrogens is 1140 g/mol. The molecule has 1 aliphatic carbocycles. The van der Waals surface area contributed by atoms with Crippen LogP contribution < -0.4 is 65.9 Å². The van der Waals surface area contributed by atoms with E-state index in [0.29, 0.717) is 43.2 Å². The molecule has 11 amide bonds. The monoisotopic (exact) mass is 1210 g/mol. The molecule has 3 aromatic rings. The van der Waals surface area contributed by atoms with Crippen molar-refractivity contribution in [3.63, 3.8) is 0 Å². The standard InChI is InChI=1S/C57H76N14O12S2/c58-45(73)20-19-39-50(78)69-42(29-46(59)74)53(81)70-43(55(83)71-26-8-14-44(71)54(82)67-38(13-7-25-63-56(61)62)49(77)64-31-47(60)75)32-84-85-57(23-21-36(22-24-57)35-11-5-2-6-12-35)30-48(76)65-40(28-34-15-17-37(72)18-16-34)51(79)68-41(52(80)66-39)27-33-9-3-1-4-10-33/h1-6,9-12,15-18,36,38-44,72H,7-8,13-14,19-32H2,(H2,58,73)(H2,59,74)(H2,60,75)(H,64,77)(H,65,76)(H,66,80)(H,67,82)(H,68,79)(H,69,78)(H,70,81)(H4,61,62,63)/t36?,38-,39+,40+,41-,42+,43-,44+,57?/m1/s1. The lowest BCUT2D eigenvalue weighted by molar-refractivity contribution is -0.142. The number of likely N-dealkylation sites (tertiary alicyclic amines) is 1. The lowest BCUT2D eigenvalue weighted by atomic mass is 9.77. The van der Waals surface area contributed by atoms with Gasteiger partial charge in [0.2, 0.25) is 65.0 Å². The second kappa shape index (κ2) is 32.0. The number of phenolic OH excluding ortho intramolecular Hbond substituents is 1. The van der Waals surface area contributed by atoms with Crippen LogP contribution in [0.15, 0.2) is 89.9 Å². The SMILES string of the molecule is NC(=O)CC[C@@H]1NC(=O)[C@@H](Cc2ccccc2)NC(=O)[C@H](Cc2ccc(O)cc2)NC(=O)CC2(CCC(c3ccccc3)CC2)SSC[C@H](C(=O)N2CCC[C@H]2C(=O)N[C@H](CCCN=C(N)N)C(=O)NCC(N)=O)NC(=O)[C@H](CC(N)=O)NC1=O. The van der Waals surface area contributed by atoms with Crippen molar-refractivity contribution in [1.29, 1.82) is 0 Å². The number of aromatic hydroxyl groups is 1. The van der Waals surface area contributed by atoms with Gasteiger partial charge in [0.15, 0.2) is 5.96 Å². The second-order valence-corrected chi connectivity index (χ2v) is 24.2. The first-order chi connectivity index (χ1) is 40.6. The molecule has 1 saturated carbocycles. The fourth-order valence-corrected chi connectivity index (χ4v) is 13.8. The molecule has 0 bridgehead atoms. The Morgan fingerprint density at radius 2 is 1.28 bits per heavy atom. The van der Waals surface area contributed by atoms with Gasteiger partial charge in [0.05, 0.1) is 13.0 Å². The summed E-state index contributed by atoms with van der Waals surface area (Å²) >= 11 is 0. The molecule has 3 aliphatic rings. The molecule has 0 radical (unpaired) electrons. The van der Waals surface area contributed by atoms with Crippen LogP contribution in [0.3, 0.4) is 0 Å². The third-order valence-electron chi connectivity index (χ3n) is 14.9. The number of nitrogens with two attached hydrogens (primary N) is 5. The quantitative estimate of drug-likeness (QED) is 0.0272. The highest BCUT2D eigenvalue weighted by Crippen LogP contribution is 2.51. The van der Waals surface area contributed by atoms with Crippen molar-refractivity contribution < 1.29 is 57.8 Å². The second-order valence-electron chi connectivity index (χ2n) is 21.4. The van der Waals surface area contributed by atoms with E-state index in [1.807, 2.05) is 30.3 Å². The zero-order valence-electron chi connectivity index (χ0n) is 47.0. The van der Waals surface area contributed by atoms with Crippen molar-refractivity contribution in [1.82, 2.24) is 42.1 Å². The number of rotatable bonds is 20. The van der Waals surface area contributed by atoms with Gasteiger partial charge in [-0.2, -0.15) is 0 Å². The van der Waals surface area contributed by atoms with Crippen molar-refractivity contribution >= 4 is 92.5 Å². The van der Waals surface area contributed by atoms with Crippen LogP contribution in [0.2, 0.25) is 0 Å². The molecule has 28 heteroatoms. The summed E-state index contributed by atoms with van der Waals surface area (Å²) in [6.07, 6.45) is 0.871. The minimum absolute atomic E-state index is 0.00672. The Labute approximate surface area is 499 Å². The molecule has 26 nitrogen and oxygen atoms in total. The summed E-state index contributed by atoms with van der Waals surface area (Å²) in [5.74, 6) is -9.64. The third-order valence-corrected chi connectivity index (χ3v) is 18.2. The fourth-order valence-electron chi connectivity index (χ4n) is 10.5. The fraction of sp³-hybridized carbons (Fsp3) is 0.474. The largest absolute Gasteiger partial charge is 0.508 e. The molecule has 2 saturated heterocycles. The molecule has 2 heterocycles. The number of phenols is 1. The summed E-state index contributed by atoms with van der Waals surface area (Å²) in [6.45, 7) is -0.421. The van der Waals surface area contributed by atoms with Crippen molar-refractivity contribution in [2.75, 3.05) is 25.4 Å². The molecule has 6 rings (SSSR count). The summed E-state index contributed by atoms with van der Waals surface area (Å²) in [5, 5.41) is 28.7. The number of nitrogens with zero attached hydrogens (tertiary/aromatic N) is 2. The summed E-state index contributed by atoms with van der Waals surface area (Å²) in [4.78, 5) is 158.